The quantitative estimate of drug-likeness (QED) is 0.825. The summed E-state index contributed by atoms with van der Waals surface area (Å²) in [5.41, 5.74) is 2.03. The second-order valence-electron chi connectivity index (χ2n) is 5.17. The number of aryl methyl sites for hydroxylation is 1. The maximum atomic E-state index is 12.3. The molecule has 0 saturated carbocycles. The number of anilines is 1. The molecule has 0 fully saturated rings. The summed E-state index contributed by atoms with van der Waals surface area (Å²) >= 11 is 0. The largest absolute Gasteiger partial charge is 0.294 e. The Hall–Kier alpha value is -2.14. The van der Waals surface area contributed by atoms with E-state index in [-0.39, 0.29) is 10.7 Å². The maximum absolute atomic E-state index is 12.3. The molecule has 0 radical (unpaired) electrons. The van der Waals surface area contributed by atoms with Gasteiger partial charge in [-0.05, 0) is 43.2 Å². The summed E-state index contributed by atoms with van der Waals surface area (Å²) in [6.07, 6.45) is 1.24. The summed E-state index contributed by atoms with van der Waals surface area (Å²) in [6, 6.07) is 13.2. The van der Waals surface area contributed by atoms with Crippen LogP contribution < -0.4 is 4.72 Å². The molecular formula is C17H19NO3S. The zero-order valence-corrected chi connectivity index (χ0v) is 13.5. The molecule has 0 atom stereocenters. The molecule has 0 unspecified atom stereocenters. The van der Waals surface area contributed by atoms with Gasteiger partial charge in [0.15, 0.2) is 5.78 Å². The van der Waals surface area contributed by atoms with E-state index in [4.69, 9.17) is 0 Å². The Morgan fingerprint density at radius 1 is 1.09 bits per heavy atom. The Morgan fingerprint density at radius 2 is 1.77 bits per heavy atom. The number of hydrogen-bond acceptors (Lipinski definition) is 3. The number of sulfonamides is 1. The van der Waals surface area contributed by atoms with Crippen LogP contribution in [0.5, 0.6) is 0 Å². The van der Waals surface area contributed by atoms with Gasteiger partial charge in [-0.25, -0.2) is 8.42 Å². The summed E-state index contributed by atoms with van der Waals surface area (Å²) in [4.78, 5) is 11.9. The van der Waals surface area contributed by atoms with E-state index in [1.165, 1.54) is 12.1 Å². The van der Waals surface area contributed by atoms with Crippen LogP contribution in [-0.4, -0.2) is 14.2 Å². The predicted molar refractivity (Wildman–Crippen MR) is 87.7 cm³/mol. The molecule has 5 heteroatoms. The predicted octanol–water partition coefficient (Wildman–Crippen LogP) is 3.78. The standard InChI is InChI=1S/C17H19NO3S/c1-3-5-17(19)14-8-10-16(11-9-14)22(20,21)18-15-7-4-6-13(2)12-15/h4,6-12,18H,3,5H2,1-2H3. The Balaban J connectivity index is 2.21. The lowest BCUT2D eigenvalue weighted by atomic mass is 10.1. The summed E-state index contributed by atoms with van der Waals surface area (Å²) in [5, 5.41) is 0. The Kier molecular flexibility index (Phi) is 4.98. The van der Waals surface area contributed by atoms with Gasteiger partial charge in [0.05, 0.1) is 4.90 Å². The molecule has 4 nitrogen and oxygen atoms in total. The van der Waals surface area contributed by atoms with Crippen molar-refractivity contribution in [1.29, 1.82) is 0 Å². The normalized spacial score (nSPS) is 11.2. The van der Waals surface area contributed by atoms with Crippen molar-refractivity contribution in [3.05, 3.63) is 59.7 Å². The van der Waals surface area contributed by atoms with Crippen LogP contribution in [0.2, 0.25) is 0 Å². The summed E-state index contributed by atoms with van der Waals surface area (Å²) in [5.74, 6) is 0.0260. The average molecular weight is 317 g/mol. The first-order valence-corrected chi connectivity index (χ1v) is 8.63. The number of nitrogens with one attached hydrogen (secondary N) is 1. The molecular weight excluding hydrogens is 298 g/mol. The van der Waals surface area contributed by atoms with Gasteiger partial charge in [-0.1, -0.05) is 31.2 Å². The van der Waals surface area contributed by atoms with Crippen molar-refractivity contribution in [3.63, 3.8) is 0 Å². The van der Waals surface area contributed by atoms with E-state index in [9.17, 15) is 13.2 Å². The molecule has 0 amide bonds. The zero-order chi connectivity index (χ0) is 16.2. The molecule has 0 heterocycles. The first-order valence-electron chi connectivity index (χ1n) is 7.15. The Labute approximate surface area is 131 Å². The summed E-state index contributed by atoms with van der Waals surface area (Å²) in [7, 11) is -3.65. The average Bonchev–Trinajstić information content (AvgIpc) is 2.47. The minimum absolute atomic E-state index is 0.0260. The van der Waals surface area contributed by atoms with Crippen LogP contribution in [0.3, 0.4) is 0 Å². The molecule has 2 aromatic carbocycles. The molecule has 0 aliphatic carbocycles. The minimum Gasteiger partial charge on any atom is -0.294 e. The molecule has 0 saturated heterocycles. The van der Waals surface area contributed by atoms with Crippen molar-refractivity contribution in [2.45, 2.75) is 31.6 Å². The van der Waals surface area contributed by atoms with E-state index in [0.717, 1.165) is 12.0 Å². The van der Waals surface area contributed by atoms with Crippen LogP contribution in [0.25, 0.3) is 0 Å². The minimum atomic E-state index is -3.65. The second kappa shape index (κ2) is 6.75. The first-order chi connectivity index (χ1) is 10.4. The van der Waals surface area contributed by atoms with E-state index in [0.29, 0.717) is 17.7 Å². The van der Waals surface area contributed by atoms with Crippen LogP contribution in [0, 0.1) is 6.92 Å². The van der Waals surface area contributed by atoms with Gasteiger partial charge in [0.1, 0.15) is 0 Å². The molecule has 22 heavy (non-hydrogen) atoms. The van der Waals surface area contributed by atoms with Gasteiger partial charge in [-0.3, -0.25) is 9.52 Å². The first kappa shape index (κ1) is 16.2. The number of ketones is 1. The van der Waals surface area contributed by atoms with Crippen LogP contribution in [0.1, 0.15) is 35.7 Å². The highest BCUT2D eigenvalue weighted by molar-refractivity contribution is 7.92. The number of carbonyl (C=O) groups excluding carboxylic acids is 1. The van der Waals surface area contributed by atoms with Gasteiger partial charge < -0.3 is 0 Å². The number of benzene rings is 2. The van der Waals surface area contributed by atoms with E-state index >= 15 is 0 Å². The zero-order valence-electron chi connectivity index (χ0n) is 12.7. The van der Waals surface area contributed by atoms with Gasteiger partial charge in [-0.2, -0.15) is 0 Å². The molecule has 1 N–H and O–H groups in total. The number of Topliss-reactive ketones (excluding diaryl/α,β-unsaturated/α-hetero) is 1. The van der Waals surface area contributed by atoms with Gasteiger partial charge in [0, 0.05) is 17.7 Å². The van der Waals surface area contributed by atoms with Crippen LogP contribution in [0.4, 0.5) is 5.69 Å². The Morgan fingerprint density at radius 3 is 2.36 bits per heavy atom. The molecule has 0 aliphatic heterocycles. The van der Waals surface area contributed by atoms with Crippen molar-refractivity contribution in [2.24, 2.45) is 0 Å². The summed E-state index contributed by atoms with van der Waals surface area (Å²) in [6.45, 7) is 3.83. The van der Waals surface area contributed by atoms with Crippen molar-refractivity contribution < 1.29 is 13.2 Å². The topological polar surface area (TPSA) is 63.2 Å². The fourth-order valence-electron chi connectivity index (χ4n) is 2.11. The number of carbonyl (C=O) groups is 1. The number of rotatable bonds is 6. The van der Waals surface area contributed by atoms with E-state index < -0.39 is 10.0 Å². The SMILES string of the molecule is CCCC(=O)c1ccc(S(=O)(=O)Nc2cccc(C)c2)cc1. The van der Waals surface area contributed by atoms with Gasteiger partial charge in [-0.15, -0.1) is 0 Å². The van der Waals surface area contributed by atoms with Gasteiger partial charge >= 0.3 is 0 Å². The van der Waals surface area contributed by atoms with E-state index in [1.54, 1.807) is 30.3 Å². The van der Waals surface area contributed by atoms with Crippen molar-refractivity contribution in [3.8, 4) is 0 Å². The fourth-order valence-corrected chi connectivity index (χ4v) is 3.16. The summed E-state index contributed by atoms with van der Waals surface area (Å²) < 4.78 is 27.2. The highest BCUT2D eigenvalue weighted by Gasteiger charge is 2.15. The molecule has 2 rings (SSSR count). The third kappa shape index (κ3) is 3.95. The van der Waals surface area contributed by atoms with Crippen molar-refractivity contribution >= 4 is 21.5 Å². The molecule has 0 aliphatic rings. The van der Waals surface area contributed by atoms with Crippen LogP contribution >= 0.6 is 0 Å². The fraction of sp³-hybridized carbons (Fsp3) is 0.235. The molecule has 0 bridgehead atoms. The molecule has 2 aromatic rings. The van der Waals surface area contributed by atoms with Crippen molar-refractivity contribution in [2.75, 3.05) is 4.72 Å². The van der Waals surface area contributed by atoms with Gasteiger partial charge in [0.2, 0.25) is 0 Å². The third-order valence-electron chi connectivity index (χ3n) is 3.23. The van der Waals surface area contributed by atoms with Crippen molar-refractivity contribution in [1.82, 2.24) is 0 Å². The Bertz CT molecular complexity index is 765. The van der Waals surface area contributed by atoms with Crippen LogP contribution in [-0.2, 0) is 10.0 Å². The highest BCUT2D eigenvalue weighted by Crippen LogP contribution is 2.18. The van der Waals surface area contributed by atoms with E-state index in [2.05, 4.69) is 4.72 Å². The molecule has 0 spiro atoms. The smallest absolute Gasteiger partial charge is 0.261 e. The van der Waals surface area contributed by atoms with E-state index in [1.807, 2.05) is 19.9 Å². The highest BCUT2D eigenvalue weighted by atomic mass is 32.2. The molecule has 0 aromatic heterocycles. The third-order valence-corrected chi connectivity index (χ3v) is 4.63. The van der Waals surface area contributed by atoms with Crippen LogP contribution in [0.15, 0.2) is 53.4 Å². The lowest BCUT2D eigenvalue weighted by Crippen LogP contribution is -2.13. The maximum Gasteiger partial charge on any atom is 0.261 e. The second-order valence-corrected chi connectivity index (χ2v) is 6.85. The lowest BCUT2D eigenvalue weighted by Gasteiger charge is -2.09. The lowest BCUT2D eigenvalue weighted by molar-refractivity contribution is 0.0981. The molecule has 116 valence electrons. The number of hydrogen-bond donors (Lipinski definition) is 1. The monoisotopic (exact) mass is 317 g/mol. The van der Waals surface area contributed by atoms with Gasteiger partial charge in [0.25, 0.3) is 10.0 Å².